The topological polar surface area (TPSA) is 40.6 Å². The second kappa shape index (κ2) is 4.74. The Bertz CT molecular complexity index is 707. The molecule has 0 N–H and O–H groups in total. The predicted molar refractivity (Wildman–Crippen MR) is 80.3 cm³/mol. The summed E-state index contributed by atoms with van der Waals surface area (Å²) >= 11 is 0. The molecule has 0 atom stereocenters. The molecular weight excluding hydrogens is 253 g/mol. The van der Waals surface area contributed by atoms with E-state index in [0.717, 1.165) is 0 Å². The van der Waals surface area contributed by atoms with Crippen LogP contribution in [0.3, 0.4) is 0 Å². The molecule has 0 bridgehead atoms. The summed E-state index contributed by atoms with van der Waals surface area (Å²) in [6.45, 7) is -3.11. The fraction of sp³-hybridized carbons (Fsp3) is 0.667. The van der Waals surface area contributed by atoms with Gasteiger partial charge in [0, 0.05) is 18.5 Å². The molecule has 1 saturated heterocycles. The Hall–Kier alpha value is -1.07. The quantitative estimate of drug-likeness (QED) is 0.783. The maximum absolute atomic E-state index is 7.65. The predicted octanol–water partition coefficient (Wildman–Crippen LogP) is 2.56. The Balaban J connectivity index is 2.49. The molecule has 110 valence electrons. The van der Waals surface area contributed by atoms with Gasteiger partial charge in [-0.3, -0.25) is 4.98 Å². The zero-order chi connectivity index (χ0) is 22.7. The van der Waals surface area contributed by atoms with E-state index in [1.165, 1.54) is 18.3 Å². The van der Waals surface area contributed by atoms with Crippen LogP contribution in [0.5, 0.6) is 5.75 Å². The van der Waals surface area contributed by atoms with Crippen LogP contribution in [0.25, 0.3) is 0 Å². The van der Waals surface area contributed by atoms with Crippen molar-refractivity contribution in [1.82, 2.24) is 4.98 Å². The summed E-state index contributed by atoms with van der Waals surface area (Å²) in [5, 5.41) is 0. The van der Waals surface area contributed by atoms with E-state index in [4.69, 9.17) is 26.4 Å². The molecule has 1 aliphatic rings. The van der Waals surface area contributed by atoms with Crippen LogP contribution >= 0.6 is 0 Å². The minimum atomic E-state index is -3.47. The van der Waals surface area contributed by atoms with Crippen molar-refractivity contribution in [2.75, 3.05) is 0 Å². The lowest BCUT2D eigenvalue weighted by Crippen LogP contribution is -2.41. The normalized spacial score (nSPS) is 29.6. The second-order valence-corrected chi connectivity index (χ2v) is 5.79. The SMILES string of the molecule is [2H]C([2H])([2H])C(Oc1ccnc(B2OC(C)(C)C(C)(C)O2)c1)(C([2H])([2H])[2H])C([2H])([2H])[2H]. The first-order chi connectivity index (χ1) is 12.8. The Morgan fingerprint density at radius 1 is 1.20 bits per heavy atom. The maximum atomic E-state index is 7.65. The van der Waals surface area contributed by atoms with E-state index in [-0.39, 0.29) is 11.3 Å². The van der Waals surface area contributed by atoms with E-state index in [0.29, 0.717) is 0 Å². The maximum Gasteiger partial charge on any atom is 0.514 e. The minimum Gasteiger partial charge on any atom is -0.488 e. The molecule has 0 saturated carbocycles. The lowest BCUT2D eigenvalue weighted by molar-refractivity contribution is 0.00578. The van der Waals surface area contributed by atoms with Gasteiger partial charge in [0.05, 0.1) is 16.8 Å². The van der Waals surface area contributed by atoms with Crippen molar-refractivity contribution in [3.8, 4) is 5.75 Å². The zero-order valence-corrected chi connectivity index (χ0v) is 12.0. The lowest BCUT2D eigenvalue weighted by atomic mass is 9.84. The third-order valence-corrected chi connectivity index (χ3v) is 3.52. The van der Waals surface area contributed by atoms with Crippen LogP contribution in [0.15, 0.2) is 18.3 Å². The highest BCUT2D eigenvalue weighted by Crippen LogP contribution is 2.36. The van der Waals surface area contributed by atoms with E-state index >= 15 is 0 Å². The smallest absolute Gasteiger partial charge is 0.488 e. The van der Waals surface area contributed by atoms with E-state index in [9.17, 15) is 0 Å². The number of pyridine rings is 1. The molecular formula is C15H24BNO3. The van der Waals surface area contributed by atoms with Crippen LogP contribution < -0.4 is 10.3 Å². The van der Waals surface area contributed by atoms with Gasteiger partial charge in [-0.2, -0.15) is 0 Å². The molecule has 1 aliphatic heterocycles. The van der Waals surface area contributed by atoms with Crippen molar-refractivity contribution >= 4 is 12.7 Å². The largest absolute Gasteiger partial charge is 0.514 e. The van der Waals surface area contributed by atoms with Crippen LogP contribution in [-0.2, 0) is 9.31 Å². The first kappa shape index (κ1) is 7.27. The van der Waals surface area contributed by atoms with Crippen LogP contribution in [-0.4, -0.2) is 28.9 Å². The van der Waals surface area contributed by atoms with Gasteiger partial charge in [-0.15, -0.1) is 0 Å². The highest BCUT2D eigenvalue weighted by atomic mass is 16.7. The van der Waals surface area contributed by atoms with E-state index < -0.39 is 44.5 Å². The van der Waals surface area contributed by atoms with Gasteiger partial charge in [-0.25, -0.2) is 0 Å². The zero-order valence-electron chi connectivity index (χ0n) is 21.0. The van der Waals surface area contributed by atoms with Gasteiger partial charge in [-0.05, 0) is 60.4 Å². The van der Waals surface area contributed by atoms with Gasteiger partial charge in [0.15, 0.2) is 0 Å². The first-order valence-electron chi connectivity index (χ1n) is 10.8. The Morgan fingerprint density at radius 2 is 1.80 bits per heavy atom. The summed E-state index contributed by atoms with van der Waals surface area (Å²) in [6, 6.07) is 2.41. The molecule has 1 fully saturated rings. The molecule has 0 aliphatic carbocycles. The van der Waals surface area contributed by atoms with Gasteiger partial charge in [-0.1, -0.05) is 0 Å². The van der Waals surface area contributed by atoms with Crippen LogP contribution in [0.1, 0.15) is 60.6 Å². The van der Waals surface area contributed by atoms with Gasteiger partial charge in [0.25, 0.3) is 0 Å². The number of hydrogen-bond donors (Lipinski definition) is 0. The van der Waals surface area contributed by atoms with E-state index in [2.05, 4.69) is 4.98 Å². The molecule has 0 aromatic carbocycles. The highest BCUT2D eigenvalue weighted by Gasteiger charge is 2.52. The summed E-state index contributed by atoms with van der Waals surface area (Å²) in [5.74, 6) is -0.284. The summed E-state index contributed by atoms with van der Waals surface area (Å²) in [6.07, 6.45) is 1.24. The summed E-state index contributed by atoms with van der Waals surface area (Å²) in [5.41, 5.74) is -4.58. The Morgan fingerprint density at radius 3 is 2.35 bits per heavy atom. The van der Waals surface area contributed by atoms with Crippen molar-refractivity contribution in [2.24, 2.45) is 0 Å². The van der Waals surface area contributed by atoms with Crippen LogP contribution in [0, 0.1) is 0 Å². The number of aromatic nitrogens is 1. The summed E-state index contributed by atoms with van der Waals surface area (Å²) in [7, 11) is -0.925. The van der Waals surface area contributed by atoms with Crippen LogP contribution in [0.4, 0.5) is 0 Å². The lowest BCUT2D eigenvalue weighted by Gasteiger charge is -2.32. The summed E-state index contributed by atoms with van der Waals surface area (Å²) in [4.78, 5) is 4.12. The molecule has 0 spiro atoms. The van der Waals surface area contributed by atoms with Crippen molar-refractivity contribution in [2.45, 2.75) is 65.1 Å². The van der Waals surface area contributed by atoms with Gasteiger partial charge >= 0.3 is 7.12 Å². The fourth-order valence-corrected chi connectivity index (χ4v) is 1.76. The summed E-state index contributed by atoms with van der Waals surface area (Å²) < 4.78 is 85.8. The first-order valence-corrected chi connectivity index (χ1v) is 6.26. The average molecular weight is 286 g/mol. The number of hydrogen-bond acceptors (Lipinski definition) is 4. The second-order valence-electron chi connectivity index (χ2n) is 5.79. The van der Waals surface area contributed by atoms with Crippen molar-refractivity contribution in [1.29, 1.82) is 0 Å². The number of ether oxygens (including phenoxy) is 1. The van der Waals surface area contributed by atoms with Gasteiger partial charge in [0.1, 0.15) is 11.4 Å². The highest BCUT2D eigenvalue weighted by molar-refractivity contribution is 6.61. The fourth-order valence-electron chi connectivity index (χ4n) is 1.76. The number of rotatable bonds is 2. The van der Waals surface area contributed by atoms with E-state index in [1.807, 2.05) is 27.7 Å². The molecule has 0 radical (unpaired) electrons. The molecule has 0 amide bonds. The van der Waals surface area contributed by atoms with Crippen molar-refractivity contribution in [3.63, 3.8) is 0 Å². The van der Waals surface area contributed by atoms with Crippen LogP contribution in [0.2, 0.25) is 0 Å². The van der Waals surface area contributed by atoms with E-state index in [1.54, 1.807) is 0 Å². The molecule has 0 unspecified atom stereocenters. The molecule has 1 aromatic rings. The standard InChI is InChI=1S/C15H24BNO3/c1-13(2,3)18-11-8-9-17-12(10-11)16-19-14(4,5)15(6,7)20-16/h8-10H,1-7H3/i1D3,2D3,3D3. The Kier molecular flexibility index (Phi) is 1.72. The van der Waals surface area contributed by atoms with Gasteiger partial charge in [0.2, 0.25) is 0 Å². The van der Waals surface area contributed by atoms with Gasteiger partial charge < -0.3 is 14.0 Å². The van der Waals surface area contributed by atoms with Crippen molar-refractivity contribution in [3.05, 3.63) is 18.3 Å². The third-order valence-electron chi connectivity index (χ3n) is 3.52. The molecule has 20 heavy (non-hydrogen) atoms. The monoisotopic (exact) mass is 286 g/mol. The Labute approximate surface area is 134 Å². The molecule has 5 heteroatoms. The number of nitrogens with zero attached hydrogens (tertiary/aromatic N) is 1. The minimum absolute atomic E-state index is 0.191. The molecule has 4 nitrogen and oxygen atoms in total. The third kappa shape index (κ3) is 3.15. The molecule has 2 heterocycles. The van der Waals surface area contributed by atoms with Crippen molar-refractivity contribution < 1.29 is 26.4 Å². The molecule has 2 rings (SSSR count). The molecule has 1 aromatic heterocycles. The average Bonchev–Trinajstić information content (AvgIpc) is 2.69.